The van der Waals surface area contributed by atoms with Crippen LogP contribution < -0.4 is 0 Å². The van der Waals surface area contributed by atoms with Gasteiger partial charge < -0.3 is 14.5 Å². The Kier molecular flexibility index (Phi) is 7.92. The van der Waals surface area contributed by atoms with E-state index in [0.717, 1.165) is 82.8 Å². The molecule has 0 spiro atoms. The summed E-state index contributed by atoms with van der Waals surface area (Å²) in [7, 11) is 0. The summed E-state index contributed by atoms with van der Waals surface area (Å²) in [4.78, 5) is 41.3. The summed E-state index contributed by atoms with van der Waals surface area (Å²) >= 11 is 0. The molecule has 1 aromatic heterocycles. The van der Waals surface area contributed by atoms with Crippen LogP contribution >= 0.6 is 0 Å². The van der Waals surface area contributed by atoms with Gasteiger partial charge in [-0.25, -0.2) is 4.98 Å². The molecular weight excluding hydrogens is 454 g/mol. The summed E-state index contributed by atoms with van der Waals surface area (Å²) in [6.07, 6.45) is 8.29. The Hall–Kier alpha value is -2.84. The third kappa shape index (κ3) is 5.76. The molecule has 0 aliphatic carbocycles. The molecule has 2 amide bonds. The first-order valence-corrected chi connectivity index (χ1v) is 13.4. The number of rotatable bonds is 5. The van der Waals surface area contributed by atoms with Crippen molar-refractivity contribution in [2.75, 3.05) is 45.9 Å². The zero-order valence-electron chi connectivity index (χ0n) is 21.3. The minimum absolute atomic E-state index is 0.0466. The third-order valence-corrected chi connectivity index (χ3v) is 7.89. The number of ether oxygens (including phenoxy) is 1. The van der Waals surface area contributed by atoms with Gasteiger partial charge in [-0.2, -0.15) is 0 Å². The average molecular weight is 492 g/mol. The molecule has 36 heavy (non-hydrogen) atoms. The molecule has 2 aromatic rings. The number of morpholine rings is 1. The van der Waals surface area contributed by atoms with Crippen LogP contribution in [0, 0.1) is 12.8 Å². The smallest absolute Gasteiger partial charge is 0.274 e. The highest BCUT2D eigenvalue weighted by atomic mass is 16.5. The van der Waals surface area contributed by atoms with Gasteiger partial charge in [0, 0.05) is 57.1 Å². The van der Waals surface area contributed by atoms with Crippen LogP contribution in [0.15, 0.2) is 36.7 Å². The fourth-order valence-electron chi connectivity index (χ4n) is 5.79. The molecule has 0 unspecified atom stereocenters. The van der Waals surface area contributed by atoms with E-state index in [4.69, 9.17) is 4.74 Å². The van der Waals surface area contributed by atoms with Crippen molar-refractivity contribution in [1.29, 1.82) is 0 Å². The summed E-state index contributed by atoms with van der Waals surface area (Å²) < 4.78 is 5.44. The molecule has 5 rings (SSSR count). The first-order valence-electron chi connectivity index (χ1n) is 13.4. The van der Waals surface area contributed by atoms with Crippen LogP contribution in [0.25, 0.3) is 0 Å². The van der Waals surface area contributed by atoms with E-state index in [1.54, 1.807) is 12.4 Å². The molecule has 0 saturated carbocycles. The minimum atomic E-state index is -0.0466. The molecule has 3 aliphatic rings. The van der Waals surface area contributed by atoms with Gasteiger partial charge in [-0.1, -0.05) is 12.1 Å². The molecule has 8 heteroatoms. The maximum Gasteiger partial charge on any atom is 0.274 e. The highest BCUT2D eigenvalue weighted by molar-refractivity contribution is 5.94. The van der Waals surface area contributed by atoms with Gasteiger partial charge in [-0.05, 0) is 62.6 Å². The minimum Gasteiger partial charge on any atom is -0.379 e. The molecule has 4 heterocycles. The van der Waals surface area contributed by atoms with Gasteiger partial charge in [0.25, 0.3) is 11.8 Å². The monoisotopic (exact) mass is 491 g/mol. The molecule has 0 N–H and O–H groups in total. The number of hydrogen-bond donors (Lipinski definition) is 0. The van der Waals surface area contributed by atoms with Gasteiger partial charge in [-0.3, -0.25) is 19.5 Å². The Morgan fingerprint density at radius 1 is 0.889 bits per heavy atom. The van der Waals surface area contributed by atoms with Crippen LogP contribution in [0.2, 0.25) is 0 Å². The number of nitrogens with zero attached hydrogens (tertiary/aromatic N) is 5. The molecule has 1 atom stereocenters. The van der Waals surface area contributed by atoms with Crippen LogP contribution in [0.5, 0.6) is 0 Å². The highest BCUT2D eigenvalue weighted by Gasteiger charge is 2.36. The van der Waals surface area contributed by atoms with Gasteiger partial charge >= 0.3 is 0 Å². The van der Waals surface area contributed by atoms with E-state index >= 15 is 0 Å². The lowest BCUT2D eigenvalue weighted by Crippen LogP contribution is -2.51. The van der Waals surface area contributed by atoms with Gasteiger partial charge in [0.05, 0.1) is 25.1 Å². The zero-order chi connectivity index (χ0) is 24.9. The largest absolute Gasteiger partial charge is 0.379 e. The first-order chi connectivity index (χ1) is 17.6. The van der Waals surface area contributed by atoms with Gasteiger partial charge in [0.2, 0.25) is 0 Å². The quantitative estimate of drug-likeness (QED) is 0.639. The molecule has 192 valence electrons. The van der Waals surface area contributed by atoms with Crippen molar-refractivity contribution < 1.29 is 14.3 Å². The summed E-state index contributed by atoms with van der Waals surface area (Å²) in [5.74, 6) is 0.517. The molecule has 3 fully saturated rings. The molecular formula is C28H37N5O3. The van der Waals surface area contributed by atoms with Crippen LogP contribution in [-0.4, -0.2) is 88.5 Å². The van der Waals surface area contributed by atoms with Crippen LogP contribution in [-0.2, 0) is 11.3 Å². The number of benzene rings is 1. The van der Waals surface area contributed by atoms with E-state index in [1.165, 1.54) is 5.56 Å². The topological polar surface area (TPSA) is 78.9 Å². The average Bonchev–Trinajstić information content (AvgIpc) is 2.94. The Balaban J connectivity index is 1.19. The van der Waals surface area contributed by atoms with Crippen molar-refractivity contribution >= 4 is 11.8 Å². The van der Waals surface area contributed by atoms with E-state index in [2.05, 4.69) is 31.9 Å². The molecule has 0 bridgehead atoms. The maximum atomic E-state index is 13.6. The zero-order valence-corrected chi connectivity index (χ0v) is 21.3. The predicted octanol–water partition coefficient (Wildman–Crippen LogP) is 3.16. The number of piperidine rings is 2. The van der Waals surface area contributed by atoms with Crippen LogP contribution in [0.1, 0.15) is 64.2 Å². The normalized spacial score (nSPS) is 22.0. The number of carbonyl (C=O) groups is 2. The van der Waals surface area contributed by atoms with Crippen LogP contribution in [0.3, 0.4) is 0 Å². The molecule has 1 aromatic carbocycles. The van der Waals surface area contributed by atoms with Crippen molar-refractivity contribution in [2.24, 2.45) is 5.92 Å². The number of aryl methyl sites for hydroxylation is 1. The van der Waals surface area contributed by atoms with Gasteiger partial charge in [0.1, 0.15) is 5.69 Å². The number of amides is 2. The van der Waals surface area contributed by atoms with Crippen molar-refractivity contribution in [3.63, 3.8) is 0 Å². The third-order valence-electron chi connectivity index (χ3n) is 7.89. The van der Waals surface area contributed by atoms with Crippen molar-refractivity contribution in [1.82, 2.24) is 24.7 Å². The fraction of sp³-hybridized carbons (Fsp3) is 0.571. The summed E-state index contributed by atoms with van der Waals surface area (Å²) in [6, 6.07) is 8.43. The Morgan fingerprint density at radius 3 is 2.33 bits per heavy atom. The number of aromatic nitrogens is 2. The summed E-state index contributed by atoms with van der Waals surface area (Å²) in [6.45, 7) is 8.48. The molecule has 3 aliphatic heterocycles. The Labute approximate surface area is 213 Å². The van der Waals surface area contributed by atoms with E-state index in [9.17, 15) is 9.59 Å². The van der Waals surface area contributed by atoms with Gasteiger partial charge in [0.15, 0.2) is 0 Å². The number of hydrogen-bond acceptors (Lipinski definition) is 6. The maximum absolute atomic E-state index is 13.6. The lowest BCUT2D eigenvalue weighted by atomic mass is 9.83. The first kappa shape index (κ1) is 24.8. The molecule has 0 radical (unpaired) electrons. The summed E-state index contributed by atoms with van der Waals surface area (Å²) in [5.41, 5.74) is 3.22. The predicted molar refractivity (Wildman–Crippen MR) is 137 cm³/mol. The number of likely N-dealkylation sites (tertiary alicyclic amines) is 2. The summed E-state index contributed by atoms with van der Waals surface area (Å²) in [5, 5.41) is 0. The Morgan fingerprint density at radius 2 is 1.64 bits per heavy atom. The van der Waals surface area contributed by atoms with E-state index < -0.39 is 0 Å². The van der Waals surface area contributed by atoms with Crippen LogP contribution in [0.4, 0.5) is 0 Å². The molecule has 8 nitrogen and oxygen atoms in total. The fourth-order valence-corrected chi connectivity index (χ4v) is 5.79. The van der Waals surface area contributed by atoms with E-state index in [-0.39, 0.29) is 17.9 Å². The second kappa shape index (κ2) is 11.5. The second-order valence-electron chi connectivity index (χ2n) is 10.3. The highest BCUT2D eigenvalue weighted by Crippen LogP contribution is 2.32. The standard InChI is InChI=1S/C28H37N5O3/c1-21-18-30-25(19-29-21)28(35)32-12-9-23(10-13-32)26-4-2-3-11-33(26)27(34)24-7-5-22(6-8-24)20-31-14-16-36-17-15-31/h5-8,18-19,23,26H,2-4,9-17,20H2,1H3/t26-/m0/s1. The Bertz CT molecular complexity index is 1030. The van der Waals surface area contributed by atoms with Crippen molar-refractivity contribution in [3.8, 4) is 0 Å². The van der Waals surface area contributed by atoms with Crippen molar-refractivity contribution in [3.05, 3.63) is 59.2 Å². The van der Waals surface area contributed by atoms with E-state index in [1.807, 2.05) is 24.0 Å². The second-order valence-corrected chi connectivity index (χ2v) is 10.3. The molecule has 3 saturated heterocycles. The van der Waals surface area contributed by atoms with Crippen molar-refractivity contribution in [2.45, 2.75) is 51.6 Å². The lowest BCUT2D eigenvalue weighted by molar-refractivity contribution is 0.0341. The van der Waals surface area contributed by atoms with Gasteiger partial charge in [-0.15, -0.1) is 0 Å². The van der Waals surface area contributed by atoms with E-state index in [0.29, 0.717) is 24.7 Å². The SMILES string of the molecule is Cc1cnc(C(=O)N2CCC([C@@H]3CCCCN3C(=O)c3ccc(CN4CCOCC4)cc3)CC2)cn1. The lowest BCUT2D eigenvalue weighted by Gasteiger charge is -2.43. The number of carbonyl (C=O) groups excluding carboxylic acids is 2.